The van der Waals surface area contributed by atoms with Crippen LogP contribution in [-0.2, 0) is 11.2 Å². The second kappa shape index (κ2) is 9.11. The zero-order valence-corrected chi connectivity index (χ0v) is 14.3. The number of hydrogen-bond donors (Lipinski definition) is 0. The number of benzene rings is 1. The normalized spacial score (nSPS) is 12.9. The van der Waals surface area contributed by atoms with E-state index in [2.05, 4.69) is 70.0 Å². The largest absolute Gasteiger partial charge is 0.381 e. The Labute approximate surface area is 128 Å². The minimum atomic E-state index is 0.623. The third-order valence-electron chi connectivity index (χ3n) is 2.75. The van der Waals surface area contributed by atoms with Crippen LogP contribution in [0, 0.1) is 11.8 Å². The highest BCUT2D eigenvalue weighted by atomic mass is 79.9. The highest BCUT2D eigenvalue weighted by molar-refractivity contribution is 9.10. The monoisotopic (exact) mass is 376 g/mol. The van der Waals surface area contributed by atoms with E-state index >= 15 is 0 Å². The van der Waals surface area contributed by atoms with Crippen LogP contribution in [0.3, 0.4) is 0 Å². The Morgan fingerprint density at radius 1 is 1.28 bits per heavy atom. The summed E-state index contributed by atoms with van der Waals surface area (Å²) >= 11 is 7.12. The van der Waals surface area contributed by atoms with Crippen LogP contribution in [0.15, 0.2) is 28.7 Å². The molecule has 0 aliphatic heterocycles. The van der Waals surface area contributed by atoms with Gasteiger partial charge in [0, 0.05) is 23.0 Å². The maximum absolute atomic E-state index is 5.66. The van der Waals surface area contributed by atoms with Gasteiger partial charge in [0.05, 0.1) is 0 Å². The molecule has 0 bridgehead atoms. The Kier molecular flexibility index (Phi) is 8.20. The van der Waals surface area contributed by atoms with E-state index in [-0.39, 0.29) is 0 Å². The van der Waals surface area contributed by atoms with Gasteiger partial charge in [-0.1, -0.05) is 57.8 Å². The molecule has 0 radical (unpaired) electrons. The van der Waals surface area contributed by atoms with E-state index in [0.717, 1.165) is 35.9 Å². The van der Waals surface area contributed by atoms with Crippen molar-refractivity contribution in [2.75, 3.05) is 18.5 Å². The summed E-state index contributed by atoms with van der Waals surface area (Å²) in [7, 11) is 0. The van der Waals surface area contributed by atoms with Crippen LogP contribution in [0.1, 0.15) is 25.8 Å². The molecule has 18 heavy (non-hydrogen) atoms. The molecule has 1 rings (SSSR count). The molecule has 0 amide bonds. The lowest BCUT2D eigenvalue weighted by Gasteiger charge is -2.15. The Morgan fingerprint density at radius 3 is 2.67 bits per heavy atom. The van der Waals surface area contributed by atoms with Crippen LogP contribution in [0.25, 0.3) is 0 Å². The summed E-state index contributed by atoms with van der Waals surface area (Å²) in [5.41, 5.74) is 1.39. The van der Waals surface area contributed by atoms with Crippen LogP contribution in [0.2, 0.25) is 0 Å². The average molecular weight is 378 g/mol. The highest BCUT2D eigenvalue weighted by Gasteiger charge is 2.09. The molecular formula is C15H22Br2O. The number of halogens is 2. The first-order chi connectivity index (χ1) is 8.61. The summed E-state index contributed by atoms with van der Waals surface area (Å²) in [5, 5.41) is 1.03. The van der Waals surface area contributed by atoms with Gasteiger partial charge in [-0.25, -0.2) is 0 Å². The fraction of sp³-hybridized carbons (Fsp3) is 0.600. The van der Waals surface area contributed by atoms with Gasteiger partial charge >= 0.3 is 0 Å². The molecule has 1 atom stereocenters. The third kappa shape index (κ3) is 6.91. The summed E-state index contributed by atoms with van der Waals surface area (Å²) < 4.78 is 6.82. The molecule has 1 aromatic carbocycles. The standard InChI is InChI=1S/C15H22Br2O/c1-12(2)11-18-7-6-14(10-16)8-13-4-3-5-15(17)9-13/h3-5,9,12,14H,6-8,10-11H2,1-2H3. The van der Waals surface area contributed by atoms with Gasteiger partial charge in [0.25, 0.3) is 0 Å². The van der Waals surface area contributed by atoms with Crippen molar-refractivity contribution in [1.82, 2.24) is 0 Å². The molecule has 0 aliphatic carbocycles. The molecule has 0 saturated carbocycles. The number of ether oxygens (including phenoxy) is 1. The van der Waals surface area contributed by atoms with Crippen molar-refractivity contribution >= 4 is 31.9 Å². The molecule has 0 spiro atoms. The van der Waals surface area contributed by atoms with Crippen LogP contribution >= 0.6 is 31.9 Å². The van der Waals surface area contributed by atoms with Crippen molar-refractivity contribution in [1.29, 1.82) is 0 Å². The summed E-state index contributed by atoms with van der Waals surface area (Å²) in [4.78, 5) is 0. The molecule has 1 unspecified atom stereocenters. The van der Waals surface area contributed by atoms with Gasteiger partial charge in [0.1, 0.15) is 0 Å². The quantitative estimate of drug-likeness (QED) is 0.454. The molecule has 0 heterocycles. The molecule has 0 aromatic heterocycles. The van der Waals surface area contributed by atoms with Gasteiger partial charge in [-0.3, -0.25) is 0 Å². The molecule has 0 saturated heterocycles. The molecule has 0 fully saturated rings. The van der Waals surface area contributed by atoms with Gasteiger partial charge in [-0.2, -0.15) is 0 Å². The van der Waals surface area contributed by atoms with Gasteiger partial charge in [-0.05, 0) is 42.4 Å². The Hall–Kier alpha value is 0.140. The first-order valence-electron chi connectivity index (χ1n) is 6.50. The molecular weight excluding hydrogens is 356 g/mol. The molecule has 0 aliphatic rings. The molecule has 1 nitrogen and oxygen atoms in total. The minimum Gasteiger partial charge on any atom is -0.381 e. The van der Waals surface area contributed by atoms with E-state index in [0.29, 0.717) is 11.8 Å². The van der Waals surface area contributed by atoms with Crippen LogP contribution in [0.5, 0.6) is 0 Å². The predicted octanol–water partition coefficient (Wildman–Crippen LogP) is 5.07. The Balaban J connectivity index is 2.33. The van der Waals surface area contributed by atoms with Crippen molar-refractivity contribution < 1.29 is 4.74 Å². The Bertz CT molecular complexity index is 339. The number of rotatable bonds is 8. The van der Waals surface area contributed by atoms with Crippen molar-refractivity contribution in [2.24, 2.45) is 11.8 Å². The average Bonchev–Trinajstić information content (AvgIpc) is 2.33. The zero-order valence-electron chi connectivity index (χ0n) is 11.2. The summed E-state index contributed by atoms with van der Waals surface area (Å²) in [6.45, 7) is 6.10. The Morgan fingerprint density at radius 2 is 2.06 bits per heavy atom. The van der Waals surface area contributed by atoms with Gasteiger partial charge in [-0.15, -0.1) is 0 Å². The zero-order chi connectivity index (χ0) is 13.4. The molecule has 1 aromatic rings. The second-order valence-electron chi connectivity index (χ2n) is 5.11. The van der Waals surface area contributed by atoms with E-state index in [4.69, 9.17) is 4.74 Å². The number of hydrogen-bond acceptors (Lipinski definition) is 1. The maximum Gasteiger partial charge on any atom is 0.0488 e. The second-order valence-corrected chi connectivity index (χ2v) is 6.67. The van der Waals surface area contributed by atoms with Crippen molar-refractivity contribution in [3.05, 3.63) is 34.3 Å². The van der Waals surface area contributed by atoms with Gasteiger partial charge in [0.15, 0.2) is 0 Å². The van der Waals surface area contributed by atoms with Crippen LogP contribution in [0.4, 0.5) is 0 Å². The lowest BCUT2D eigenvalue weighted by Crippen LogP contribution is -2.12. The van der Waals surface area contributed by atoms with E-state index < -0.39 is 0 Å². The topological polar surface area (TPSA) is 9.23 Å². The summed E-state index contributed by atoms with van der Waals surface area (Å²) in [5.74, 6) is 1.27. The SMILES string of the molecule is CC(C)COCCC(CBr)Cc1cccc(Br)c1. The van der Waals surface area contributed by atoms with Gasteiger partial charge < -0.3 is 4.74 Å². The fourth-order valence-electron chi connectivity index (χ4n) is 1.80. The first-order valence-corrected chi connectivity index (χ1v) is 8.41. The first kappa shape index (κ1) is 16.2. The fourth-order valence-corrected chi connectivity index (χ4v) is 2.80. The van der Waals surface area contributed by atoms with Crippen LogP contribution < -0.4 is 0 Å². The molecule has 3 heteroatoms. The van der Waals surface area contributed by atoms with E-state index in [9.17, 15) is 0 Å². The maximum atomic E-state index is 5.66. The van der Waals surface area contributed by atoms with E-state index in [1.54, 1.807) is 0 Å². The third-order valence-corrected chi connectivity index (χ3v) is 4.16. The summed E-state index contributed by atoms with van der Waals surface area (Å²) in [6.07, 6.45) is 2.22. The van der Waals surface area contributed by atoms with E-state index in [1.807, 2.05) is 0 Å². The minimum absolute atomic E-state index is 0.623. The lowest BCUT2D eigenvalue weighted by atomic mass is 9.98. The van der Waals surface area contributed by atoms with Crippen LogP contribution in [-0.4, -0.2) is 18.5 Å². The number of alkyl halides is 1. The predicted molar refractivity (Wildman–Crippen MR) is 85.4 cm³/mol. The lowest BCUT2D eigenvalue weighted by molar-refractivity contribution is 0.0998. The van der Waals surface area contributed by atoms with E-state index in [1.165, 1.54) is 5.56 Å². The smallest absolute Gasteiger partial charge is 0.0488 e. The van der Waals surface area contributed by atoms with Crippen molar-refractivity contribution in [3.8, 4) is 0 Å². The van der Waals surface area contributed by atoms with Crippen molar-refractivity contribution in [3.63, 3.8) is 0 Å². The highest BCUT2D eigenvalue weighted by Crippen LogP contribution is 2.18. The molecule has 102 valence electrons. The van der Waals surface area contributed by atoms with Crippen molar-refractivity contribution in [2.45, 2.75) is 26.7 Å². The van der Waals surface area contributed by atoms with Gasteiger partial charge in [0.2, 0.25) is 0 Å². The molecule has 0 N–H and O–H groups in total. The summed E-state index contributed by atoms with van der Waals surface area (Å²) in [6, 6.07) is 8.55.